The van der Waals surface area contributed by atoms with Gasteiger partial charge in [0.05, 0.1) is 5.30 Å². The first-order valence-corrected chi connectivity index (χ1v) is 13.4. The molecule has 0 spiro atoms. The van der Waals surface area contributed by atoms with Crippen molar-refractivity contribution in [1.29, 1.82) is 0 Å². The Hall–Kier alpha value is -0.520. The van der Waals surface area contributed by atoms with Crippen molar-refractivity contribution in [2.75, 3.05) is 0 Å². The number of hydrogen-bond acceptors (Lipinski definition) is 3. The van der Waals surface area contributed by atoms with Gasteiger partial charge in [0.1, 0.15) is 24.2 Å². The average molecular weight is 427 g/mol. The molecule has 0 saturated heterocycles. The van der Waals surface area contributed by atoms with Gasteiger partial charge in [0.2, 0.25) is 0 Å². The van der Waals surface area contributed by atoms with Gasteiger partial charge in [-0.2, -0.15) is 0 Å². The Balaban J connectivity index is 2.76. The molecule has 1 unspecified atom stereocenters. The molecule has 1 aromatic carbocycles. The number of benzene rings is 1. The van der Waals surface area contributed by atoms with Crippen molar-refractivity contribution in [2.45, 2.75) is 110 Å². The zero-order valence-electron chi connectivity index (χ0n) is 19.9. The van der Waals surface area contributed by atoms with Crippen LogP contribution in [0.25, 0.3) is 0 Å². The van der Waals surface area contributed by atoms with Crippen LogP contribution >= 0.6 is 15.1 Å². The Bertz CT molecular complexity index is 753. The van der Waals surface area contributed by atoms with Gasteiger partial charge in [-0.25, -0.2) is 0 Å². The molecule has 2 rings (SSSR count). The molecule has 0 N–H and O–H groups in total. The molecule has 1 aliphatic rings. The van der Waals surface area contributed by atoms with Crippen LogP contribution in [0.15, 0.2) is 18.2 Å². The Morgan fingerprint density at radius 2 is 1.39 bits per heavy atom. The summed E-state index contributed by atoms with van der Waals surface area (Å²) in [4.78, 5) is 0. The van der Waals surface area contributed by atoms with E-state index in [1.54, 1.807) is 0 Å². The monoisotopic (exact) mass is 426 g/mol. The van der Waals surface area contributed by atoms with Crippen LogP contribution in [0.5, 0.6) is 11.5 Å². The third kappa shape index (κ3) is 4.17. The fraction of sp³-hybridized carbons (Fsp3) is 0.739. The van der Waals surface area contributed by atoms with Crippen LogP contribution < -0.4 is 14.8 Å². The van der Waals surface area contributed by atoms with Crippen molar-refractivity contribution in [3.63, 3.8) is 0 Å². The zero-order valence-corrected chi connectivity index (χ0v) is 21.7. The first kappa shape index (κ1) is 23.8. The molecule has 0 fully saturated rings. The van der Waals surface area contributed by atoms with Gasteiger partial charge in [-0.15, -0.1) is 0 Å². The SMILES string of the molecule is CC(C)(C)Oc1cccc2c1P(C(C)(C)C)[C@@H](P(=O)(C(C)(C)C)C(C)(C)C)O2. The minimum absolute atomic E-state index is 0.0608. The third-order valence-electron chi connectivity index (χ3n) is 5.10. The van der Waals surface area contributed by atoms with E-state index in [2.05, 4.69) is 83.1 Å². The van der Waals surface area contributed by atoms with Crippen molar-refractivity contribution in [1.82, 2.24) is 0 Å². The average Bonchev–Trinajstić information content (AvgIpc) is 2.82. The Morgan fingerprint density at radius 1 is 0.893 bits per heavy atom. The number of fused-ring (bicyclic) bond motifs is 1. The highest BCUT2D eigenvalue weighted by atomic mass is 31.2. The van der Waals surface area contributed by atoms with Crippen LogP contribution in [-0.4, -0.2) is 26.7 Å². The van der Waals surface area contributed by atoms with Gasteiger partial charge in [0.15, 0.2) is 5.59 Å². The molecule has 0 bridgehead atoms. The molecule has 1 heterocycles. The van der Waals surface area contributed by atoms with E-state index in [1.165, 1.54) is 0 Å². The van der Waals surface area contributed by atoms with E-state index >= 15 is 0 Å². The molecule has 0 aliphatic carbocycles. The molecule has 0 aromatic heterocycles. The summed E-state index contributed by atoms with van der Waals surface area (Å²) < 4.78 is 27.8. The molecular weight excluding hydrogens is 386 g/mol. The summed E-state index contributed by atoms with van der Waals surface area (Å²) in [5.41, 5.74) is -0.605. The van der Waals surface area contributed by atoms with Gasteiger partial charge in [-0.3, -0.25) is 0 Å². The van der Waals surface area contributed by atoms with Crippen molar-refractivity contribution >= 4 is 20.4 Å². The van der Waals surface area contributed by atoms with Crippen molar-refractivity contribution < 1.29 is 14.0 Å². The molecule has 0 amide bonds. The minimum Gasteiger partial charge on any atom is -0.487 e. The lowest BCUT2D eigenvalue weighted by molar-refractivity contribution is 0.132. The molecule has 0 saturated carbocycles. The molecule has 28 heavy (non-hydrogen) atoms. The van der Waals surface area contributed by atoms with Crippen LogP contribution in [0.2, 0.25) is 0 Å². The Labute approximate surface area is 174 Å². The second-order valence-corrected chi connectivity index (χ2v) is 19.7. The molecule has 1 aromatic rings. The standard InChI is InChI=1S/C23H40O3P2/c1-20(2,3)26-17-15-13-14-16-18(17)27(21(4,5)6)19(25-16)28(24,22(7,8)9)23(10,11)12/h13-15,19H,1-12H3/t19-,27?/m0/s1. The molecule has 5 heteroatoms. The predicted molar refractivity (Wildman–Crippen MR) is 125 cm³/mol. The van der Waals surface area contributed by atoms with E-state index in [4.69, 9.17) is 9.47 Å². The second kappa shape index (κ2) is 7.02. The lowest BCUT2D eigenvalue weighted by Crippen LogP contribution is -2.38. The van der Waals surface area contributed by atoms with E-state index in [9.17, 15) is 4.57 Å². The molecule has 3 nitrogen and oxygen atoms in total. The first-order chi connectivity index (χ1) is 12.3. The summed E-state index contributed by atoms with van der Waals surface area (Å²) in [5, 5.41) is 0.372. The summed E-state index contributed by atoms with van der Waals surface area (Å²) in [7, 11) is -3.66. The highest BCUT2D eigenvalue weighted by Crippen LogP contribution is 2.80. The number of ether oxygens (including phenoxy) is 2. The quantitative estimate of drug-likeness (QED) is 0.462. The normalized spacial score (nSPS) is 21.3. The van der Waals surface area contributed by atoms with E-state index in [1.807, 2.05) is 18.2 Å². The van der Waals surface area contributed by atoms with Gasteiger partial charge in [-0.05, 0) is 46.0 Å². The van der Waals surface area contributed by atoms with E-state index in [0.29, 0.717) is 0 Å². The molecular formula is C23H40O3P2. The predicted octanol–water partition coefficient (Wildman–Crippen LogP) is 7.41. The maximum atomic E-state index is 14.8. The number of hydrogen-bond donors (Lipinski definition) is 0. The highest BCUT2D eigenvalue weighted by molar-refractivity contribution is 7.84. The summed E-state index contributed by atoms with van der Waals surface area (Å²) in [6.45, 7) is 25.6. The fourth-order valence-corrected chi connectivity index (χ4v) is 15.0. The van der Waals surface area contributed by atoms with Gasteiger partial charge in [0, 0.05) is 10.3 Å². The van der Waals surface area contributed by atoms with Gasteiger partial charge >= 0.3 is 0 Å². The maximum absolute atomic E-state index is 14.8. The molecule has 2 atom stereocenters. The van der Waals surface area contributed by atoms with Crippen LogP contribution in [-0.2, 0) is 4.57 Å². The summed E-state index contributed by atoms with van der Waals surface area (Å²) >= 11 is 0. The van der Waals surface area contributed by atoms with Gasteiger partial charge in [0.25, 0.3) is 0 Å². The van der Waals surface area contributed by atoms with Gasteiger partial charge in [-0.1, -0.05) is 68.4 Å². The number of rotatable bonds is 2. The van der Waals surface area contributed by atoms with Gasteiger partial charge < -0.3 is 14.0 Å². The molecule has 160 valence electrons. The Kier molecular flexibility index (Phi) is 5.96. The maximum Gasteiger partial charge on any atom is 0.174 e. The van der Waals surface area contributed by atoms with Crippen LogP contribution in [0.3, 0.4) is 0 Å². The van der Waals surface area contributed by atoms with Crippen molar-refractivity contribution in [3.8, 4) is 11.5 Å². The smallest absolute Gasteiger partial charge is 0.174 e. The highest BCUT2D eigenvalue weighted by Gasteiger charge is 2.60. The molecule has 1 aliphatic heterocycles. The van der Waals surface area contributed by atoms with Crippen molar-refractivity contribution in [2.24, 2.45) is 0 Å². The minimum atomic E-state index is -2.79. The Morgan fingerprint density at radius 3 is 1.79 bits per heavy atom. The van der Waals surface area contributed by atoms with E-state index in [-0.39, 0.29) is 26.7 Å². The zero-order chi connectivity index (χ0) is 21.9. The largest absolute Gasteiger partial charge is 0.487 e. The van der Waals surface area contributed by atoms with Crippen molar-refractivity contribution in [3.05, 3.63) is 18.2 Å². The molecule has 0 radical (unpaired) electrons. The van der Waals surface area contributed by atoms with Crippen LogP contribution in [0.1, 0.15) is 83.1 Å². The lowest BCUT2D eigenvalue weighted by atomic mass is 10.2. The van der Waals surface area contributed by atoms with Crippen LogP contribution in [0, 0.1) is 0 Å². The second-order valence-electron chi connectivity index (χ2n) is 11.8. The lowest BCUT2D eigenvalue weighted by Gasteiger charge is -2.47. The topological polar surface area (TPSA) is 35.5 Å². The summed E-state index contributed by atoms with van der Waals surface area (Å²) in [6, 6.07) is 6.04. The summed E-state index contributed by atoms with van der Waals surface area (Å²) in [6.07, 6.45) is 0. The third-order valence-corrected chi connectivity index (χ3v) is 14.4. The van der Waals surface area contributed by atoms with E-state index in [0.717, 1.165) is 16.8 Å². The fourth-order valence-electron chi connectivity index (χ4n) is 4.10. The van der Waals surface area contributed by atoms with E-state index < -0.39 is 15.1 Å². The summed E-state index contributed by atoms with van der Waals surface area (Å²) in [5.74, 6) is 1.73. The van der Waals surface area contributed by atoms with Crippen LogP contribution in [0.4, 0.5) is 0 Å². The first-order valence-electron chi connectivity index (χ1n) is 10.2.